The summed E-state index contributed by atoms with van der Waals surface area (Å²) in [5.74, 6) is -0.729. The number of benzene rings is 2. The van der Waals surface area contributed by atoms with E-state index in [1.165, 1.54) is 18.2 Å². The van der Waals surface area contributed by atoms with Crippen LogP contribution in [0.2, 0.25) is 0 Å². The zero-order chi connectivity index (χ0) is 27.2. The van der Waals surface area contributed by atoms with Crippen molar-refractivity contribution in [2.45, 2.75) is 37.1 Å². The molecular formula is C27H27FN4O6. The average molecular weight is 523 g/mol. The summed E-state index contributed by atoms with van der Waals surface area (Å²) < 4.78 is 18.7. The highest BCUT2D eigenvalue weighted by Gasteiger charge is 2.43. The summed E-state index contributed by atoms with van der Waals surface area (Å²) in [6, 6.07) is 18.3. The van der Waals surface area contributed by atoms with Crippen LogP contribution in [0.5, 0.6) is 0 Å². The molecule has 1 unspecified atom stereocenters. The predicted molar refractivity (Wildman–Crippen MR) is 134 cm³/mol. The van der Waals surface area contributed by atoms with Crippen LogP contribution in [0.25, 0.3) is 11.3 Å². The van der Waals surface area contributed by atoms with Crippen LogP contribution in [-0.2, 0) is 11.2 Å². The molecule has 1 aliphatic heterocycles. The number of amides is 1. The molecule has 1 aliphatic rings. The highest BCUT2D eigenvalue weighted by molar-refractivity contribution is 5.99. The van der Waals surface area contributed by atoms with E-state index in [4.69, 9.17) is 4.74 Å². The highest BCUT2D eigenvalue weighted by atomic mass is 19.1. The summed E-state index contributed by atoms with van der Waals surface area (Å²) in [5, 5.41) is 54.6. The number of ether oxygens (including phenoxy) is 1. The van der Waals surface area contributed by atoms with Crippen molar-refractivity contribution in [3.63, 3.8) is 0 Å². The number of aliphatic hydroxyl groups is 4. The Bertz CT molecular complexity index is 1330. The number of hydrogen-bond donors (Lipinski definition) is 6. The van der Waals surface area contributed by atoms with Gasteiger partial charge in [0, 0.05) is 18.7 Å². The van der Waals surface area contributed by atoms with Gasteiger partial charge in [0.1, 0.15) is 36.1 Å². The van der Waals surface area contributed by atoms with Gasteiger partial charge in [0.25, 0.3) is 5.91 Å². The first-order valence-corrected chi connectivity index (χ1v) is 11.9. The monoisotopic (exact) mass is 522 g/mol. The van der Waals surface area contributed by atoms with Crippen LogP contribution in [0.4, 0.5) is 10.2 Å². The van der Waals surface area contributed by atoms with E-state index >= 15 is 0 Å². The van der Waals surface area contributed by atoms with Gasteiger partial charge in [-0.2, -0.15) is 5.26 Å². The summed E-state index contributed by atoms with van der Waals surface area (Å²) in [6.45, 7) is 0.0450. The smallest absolute Gasteiger partial charge is 0.255 e. The lowest BCUT2D eigenvalue weighted by Crippen LogP contribution is -2.60. The van der Waals surface area contributed by atoms with Crippen molar-refractivity contribution >= 4 is 11.7 Å². The second kappa shape index (κ2) is 12.1. The molecule has 0 bridgehead atoms. The van der Waals surface area contributed by atoms with Crippen LogP contribution in [-0.4, -0.2) is 75.1 Å². The Kier molecular flexibility index (Phi) is 8.62. The first-order chi connectivity index (χ1) is 18.3. The highest BCUT2D eigenvalue weighted by Crippen LogP contribution is 2.25. The second-order valence-corrected chi connectivity index (χ2v) is 8.80. The largest absolute Gasteiger partial charge is 0.388 e. The quantitative estimate of drug-likeness (QED) is 0.252. The minimum atomic E-state index is -1.73. The molecule has 4 rings (SSSR count). The lowest BCUT2D eigenvalue weighted by atomic mass is 9.99. The van der Waals surface area contributed by atoms with Crippen molar-refractivity contribution in [2.24, 2.45) is 0 Å². The maximum Gasteiger partial charge on any atom is 0.255 e. The molecule has 1 aromatic heterocycles. The van der Waals surface area contributed by atoms with Crippen LogP contribution >= 0.6 is 0 Å². The van der Waals surface area contributed by atoms with E-state index in [2.05, 4.69) is 21.7 Å². The van der Waals surface area contributed by atoms with E-state index in [1.807, 2.05) is 0 Å². The number of halogens is 1. The molecule has 0 saturated carbocycles. The SMILES string of the molecule is N#Cc1ccccc1-c1ccc(C(=O)NC[C@H]2OC(O)[C@H](O)[C@@H](O)[C@@H]2O)c(NCCc2cccc(F)c2)n1. The third-order valence-electron chi connectivity index (χ3n) is 6.21. The fourth-order valence-corrected chi connectivity index (χ4v) is 4.14. The molecule has 11 heteroatoms. The van der Waals surface area contributed by atoms with Crippen molar-refractivity contribution in [1.82, 2.24) is 10.3 Å². The van der Waals surface area contributed by atoms with Gasteiger partial charge in [-0.1, -0.05) is 30.3 Å². The van der Waals surface area contributed by atoms with Crippen LogP contribution in [0, 0.1) is 17.1 Å². The second-order valence-electron chi connectivity index (χ2n) is 8.80. The van der Waals surface area contributed by atoms with Gasteiger partial charge >= 0.3 is 0 Å². The predicted octanol–water partition coefficient (Wildman–Crippen LogP) is 0.944. The zero-order valence-electron chi connectivity index (χ0n) is 20.2. The first kappa shape index (κ1) is 27.1. The molecule has 198 valence electrons. The fourth-order valence-electron chi connectivity index (χ4n) is 4.14. The molecule has 1 fully saturated rings. The molecule has 10 nitrogen and oxygen atoms in total. The summed E-state index contributed by atoms with van der Waals surface area (Å²) in [7, 11) is 0. The summed E-state index contributed by atoms with van der Waals surface area (Å²) in [5.41, 5.74) is 2.34. The van der Waals surface area contributed by atoms with E-state index in [-0.39, 0.29) is 23.7 Å². The number of anilines is 1. The standard InChI is InChI=1S/C27H27FN4O6/c28-17-6-3-4-15(12-17)10-11-30-25-19(8-9-20(32-25)18-7-2-1-5-16(18)13-29)26(36)31-14-21-22(33)23(34)24(35)27(37)38-21/h1-9,12,21-24,27,33-35,37H,10-11,14H2,(H,30,32)(H,31,36)/t21-,22-,23+,24-,27?/m1/s1. The molecule has 0 aliphatic carbocycles. The van der Waals surface area contributed by atoms with E-state index in [9.17, 15) is 34.9 Å². The van der Waals surface area contributed by atoms with Gasteiger partial charge in [-0.3, -0.25) is 4.79 Å². The molecule has 2 aromatic carbocycles. The van der Waals surface area contributed by atoms with Crippen LogP contribution < -0.4 is 10.6 Å². The molecule has 6 N–H and O–H groups in total. The maximum absolute atomic E-state index is 13.5. The normalized spacial score (nSPS) is 22.9. The summed E-state index contributed by atoms with van der Waals surface area (Å²) in [4.78, 5) is 17.7. The molecule has 2 heterocycles. The van der Waals surface area contributed by atoms with Gasteiger partial charge in [-0.15, -0.1) is 0 Å². The first-order valence-electron chi connectivity index (χ1n) is 11.9. The number of nitrogens with one attached hydrogen (secondary N) is 2. The van der Waals surface area contributed by atoms with Crippen molar-refractivity contribution in [3.8, 4) is 17.3 Å². The summed E-state index contributed by atoms with van der Waals surface area (Å²) >= 11 is 0. The minimum Gasteiger partial charge on any atom is -0.388 e. The number of aliphatic hydroxyl groups excluding tert-OH is 4. The minimum absolute atomic E-state index is 0.147. The Hall–Kier alpha value is -3.92. The van der Waals surface area contributed by atoms with Crippen molar-refractivity contribution in [3.05, 3.63) is 83.2 Å². The van der Waals surface area contributed by atoms with Gasteiger partial charge in [0.05, 0.1) is 22.9 Å². The van der Waals surface area contributed by atoms with Gasteiger partial charge < -0.3 is 35.8 Å². The number of carbonyl (C=O) groups is 1. The lowest BCUT2D eigenvalue weighted by molar-refractivity contribution is -0.279. The molecule has 5 atom stereocenters. The maximum atomic E-state index is 13.5. The van der Waals surface area contributed by atoms with Crippen molar-refractivity contribution in [1.29, 1.82) is 5.26 Å². The number of nitrogens with zero attached hydrogens (tertiary/aromatic N) is 2. The molecule has 1 amide bonds. The third kappa shape index (κ3) is 6.13. The Morgan fingerprint density at radius 1 is 1.03 bits per heavy atom. The van der Waals surface area contributed by atoms with Gasteiger partial charge in [0.2, 0.25) is 0 Å². The van der Waals surface area contributed by atoms with E-state index in [0.717, 1.165) is 5.56 Å². The Labute approximate surface area is 218 Å². The number of aromatic nitrogens is 1. The molecule has 0 spiro atoms. The lowest BCUT2D eigenvalue weighted by Gasteiger charge is -2.38. The number of rotatable bonds is 8. The van der Waals surface area contributed by atoms with Gasteiger partial charge in [-0.05, 0) is 42.3 Å². The number of nitriles is 1. The molecule has 1 saturated heterocycles. The van der Waals surface area contributed by atoms with Crippen molar-refractivity contribution < 1.29 is 34.3 Å². The number of pyridine rings is 1. The van der Waals surface area contributed by atoms with Gasteiger partial charge in [-0.25, -0.2) is 9.37 Å². The number of hydrogen-bond acceptors (Lipinski definition) is 9. The Morgan fingerprint density at radius 3 is 2.58 bits per heavy atom. The topological polar surface area (TPSA) is 168 Å². The van der Waals surface area contributed by atoms with E-state index in [1.54, 1.807) is 42.5 Å². The summed E-state index contributed by atoms with van der Waals surface area (Å²) in [6.07, 6.45) is -7.33. The van der Waals surface area contributed by atoms with E-state index in [0.29, 0.717) is 29.8 Å². The van der Waals surface area contributed by atoms with Crippen LogP contribution in [0.3, 0.4) is 0 Å². The average Bonchev–Trinajstić information content (AvgIpc) is 2.93. The molecule has 38 heavy (non-hydrogen) atoms. The number of carbonyl (C=O) groups excluding carboxylic acids is 1. The Morgan fingerprint density at radius 2 is 1.82 bits per heavy atom. The van der Waals surface area contributed by atoms with Crippen LogP contribution in [0.15, 0.2) is 60.7 Å². The third-order valence-corrected chi connectivity index (χ3v) is 6.21. The Balaban J connectivity index is 1.54. The van der Waals surface area contributed by atoms with Crippen molar-refractivity contribution in [2.75, 3.05) is 18.4 Å². The van der Waals surface area contributed by atoms with Crippen LogP contribution in [0.1, 0.15) is 21.5 Å². The zero-order valence-corrected chi connectivity index (χ0v) is 20.2. The van der Waals surface area contributed by atoms with E-state index < -0.39 is 36.6 Å². The molecular weight excluding hydrogens is 495 g/mol. The molecule has 3 aromatic rings. The molecule has 0 radical (unpaired) electrons. The van der Waals surface area contributed by atoms with Gasteiger partial charge in [0.15, 0.2) is 6.29 Å². The fraction of sp³-hybridized carbons (Fsp3) is 0.296.